The molecule has 0 heterocycles. The molecule has 0 aliphatic rings. The zero-order valence-corrected chi connectivity index (χ0v) is 13.7. The van der Waals surface area contributed by atoms with Gasteiger partial charge in [0.15, 0.2) is 5.78 Å². The van der Waals surface area contributed by atoms with Crippen molar-refractivity contribution in [1.82, 2.24) is 0 Å². The zero-order valence-electron chi connectivity index (χ0n) is 13.7. The molecule has 0 spiro atoms. The van der Waals surface area contributed by atoms with Crippen LogP contribution in [0.4, 0.5) is 0 Å². The normalized spacial score (nSPS) is 11.6. The average Bonchev–Trinajstić information content (AvgIpc) is 2.62. The Morgan fingerprint density at radius 1 is 0.958 bits per heavy atom. The minimum atomic E-state index is -0.988. The van der Waals surface area contributed by atoms with Crippen LogP contribution in [-0.4, -0.2) is 32.6 Å². The highest BCUT2D eigenvalue weighted by Crippen LogP contribution is 2.22. The molecule has 2 aromatic rings. The molecule has 1 atom stereocenters. The number of carbonyl (C=O) groups excluding carboxylic acids is 2. The van der Waals surface area contributed by atoms with Crippen molar-refractivity contribution in [3.05, 3.63) is 65.7 Å². The molecule has 0 aromatic heterocycles. The van der Waals surface area contributed by atoms with E-state index in [1.807, 2.05) is 30.3 Å². The SMILES string of the molecule is COCC(=O)C(C(=O)OC)c1ccc(OCc2ccccc2)cc1. The fourth-order valence-corrected chi connectivity index (χ4v) is 2.29. The van der Waals surface area contributed by atoms with Crippen molar-refractivity contribution in [3.63, 3.8) is 0 Å². The van der Waals surface area contributed by atoms with E-state index in [2.05, 4.69) is 0 Å². The molecule has 0 bridgehead atoms. The highest BCUT2D eigenvalue weighted by molar-refractivity contribution is 6.05. The van der Waals surface area contributed by atoms with Gasteiger partial charge in [0, 0.05) is 7.11 Å². The number of carbonyl (C=O) groups is 2. The van der Waals surface area contributed by atoms with E-state index in [0.717, 1.165) is 5.56 Å². The molecular weight excluding hydrogens is 308 g/mol. The number of ether oxygens (including phenoxy) is 3. The Balaban J connectivity index is 2.08. The predicted molar refractivity (Wildman–Crippen MR) is 88.9 cm³/mol. The molecule has 5 heteroatoms. The summed E-state index contributed by atoms with van der Waals surface area (Å²) in [7, 11) is 2.67. The molecule has 0 radical (unpaired) electrons. The second kappa shape index (κ2) is 8.84. The van der Waals surface area contributed by atoms with Crippen LogP contribution in [0, 0.1) is 0 Å². The smallest absolute Gasteiger partial charge is 0.320 e. The predicted octanol–water partition coefficient (Wildman–Crippen LogP) is 2.74. The Bertz CT molecular complexity index is 664. The fourth-order valence-electron chi connectivity index (χ4n) is 2.29. The van der Waals surface area contributed by atoms with Crippen LogP contribution < -0.4 is 4.74 Å². The molecule has 0 amide bonds. The van der Waals surface area contributed by atoms with Gasteiger partial charge in [-0.1, -0.05) is 42.5 Å². The van der Waals surface area contributed by atoms with Crippen LogP contribution in [0.25, 0.3) is 0 Å². The maximum atomic E-state index is 12.1. The molecule has 2 rings (SSSR count). The van der Waals surface area contributed by atoms with Gasteiger partial charge in [0.05, 0.1) is 7.11 Å². The molecular formula is C19H20O5. The third-order valence-corrected chi connectivity index (χ3v) is 3.51. The molecule has 126 valence electrons. The number of esters is 1. The van der Waals surface area contributed by atoms with Crippen molar-refractivity contribution in [1.29, 1.82) is 0 Å². The van der Waals surface area contributed by atoms with Gasteiger partial charge in [-0.2, -0.15) is 0 Å². The second-order valence-electron chi connectivity index (χ2n) is 5.20. The number of methoxy groups -OCH3 is 2. The minimum absolute atomic E-state index is 0.147. The molecule has 5 nitrogen and oxygen atoms in total. The van der Waals surface area contributed by atoms with Gasteiger partial charge >= 0.3 is 5.97 Å². The summed E-state index contributed by atoms with van der Waals surface area (Å²) in [4.78, 5) is 24.0. The van der Waals surface area contributed by atoms with E-state index in [4.69, 9.17) is 14.2 Å². The van der Waals surface area contributed by atoms with Gasteiger partial charge in [-0.15, -0.1) is 0 Å². The first-order valence-electron chi connectivity index (χ1n) is 7.52. The Kier molecular flexibility index (Phi) is 6.51. The van der Waals surface area contributed by atoms with Crippen molar-refractivity contribution < 1.29 is 23.8 Å². The summed E-state index contributed by atoms with van der Waals surface area (Å²) in [6.45, 7) is 0.301. The first-order valence-corrected chi connectivity index (χ1v) is 7.52. The lowest BCUT2D eigenvalue weighted by Gasteiger charge is -2.14. The summed E-state index contributed by atoms with van der Waals surface area (Å²) < 4.78 is 15.2. The van der Waals surface area contributed by atoms with Crippen molar-refractivity contribution in [2.75, 3.05) is 20.8 Å². The highest BCUT2D eigenvalue weighted by atomic mass is 16.5. The van der Waals surface area contributed by atoms with Gasteiger partial charge in [0.2, 0.25) is 0 Å². The van der Waals surface area contributed by atoms with Crippen molar-refractivity contribution in [3.8, 4) is 5.75 Å². The van der Waals surface area contributed by atoms with E-state index in [9.17, 15) is 9.59 Å². The summed E-state index contributed by atoms with van der Waals surface area (Å²) >= 11 is 0. The van der Waals surface area contributed by atoms with Crippen LogP contribution in [0.15, 0.2) is 54.6 Å². The molecule has 0 saturated heterocycles. The van der Waals surface area contributed by atoms with E-state index < -0.39 is 11.9 Å². The van der Waals surface area contributed by atoms with E-state index >= 15 is 0 Å². The van der Waals surface area contributed by atoms with E-state index in [-0.39, 0.29) is 12.4 Å². The summed E-state index contributed by atoms with van der Waals surface area (Å²) in [5.41, 5.74) is 1.61. The molecule has 1 unspecified atom stereocenters. The summed E-state index contributed by atoms with van der Waals surface area (Å²) in [5, 5.41) is 0. The van der Waals surface area contributed by atoms with E-state index in [1.165, 1.54) is 14.2 Å². The van der Waals surface area contributed by atoms with E-state index in [1.54, 1.807) is 24.3 Å². The zero-order chi connectivity index (χ0) is 17.4. The van der Waals surface area contributed by atoms with Crippen LogP contribution in [0.5, 0.6) is 5.75 Å². The first-order chi connectivity index (χ1) is 11.7. The molecule has 0 saturated carbocycles. The average molecular weight is 328 g/mol. The van der Waals surface area contributed by atoms with Gasteiger partial charge in [-0.05, 0) is 23.3 Å². The second-order valence-corrected chi connectivity index (χ2v) is 5.20. The molecule has 0 aliphatic carbocycles. The lowest BCUT2D eigenvalue weighted by Crippen LogP contribution is -2.26. The van der Waals surface area contributed by atoms with Crippen LogP contribution in [0.3, 0.4) is 0 Å². The Labute approximate surface area is 141 Å². The lowest BCUT2D eigenvalue weighted by molar-refractivity contribution is -0.146. The molecule has 0 fully saturated rings. The first kappa shape index (κ1) is 17.7. The van der Waals surface area contributed by atoms with Crippen LogP contribution in [0.2, 0.25) is 0 Å². The third kappa shape index (κ3) is 4.67. The molecule has 2 aromatic carbocycles. The maximum Gasteiger partial charge on any atom is 0.320 e. The van der Waals surface area contributed by atoms with Crippen molar-refractivity contribution in [2.24, 2.45) is 0 Å². The van der Waals surface area contributed by atoms with E-state index in [0.29, 0.717) is 17.9 Å². The topological polar surface area (TPSA) is 61.8 Å². The molecule has 0 aliphatic heterocycles. The van der Waals surface area contributed by atoms with Crippen LogP contribution in [0.1, 0.15) is 17.0 Å². The van der Waals surface area contributed by atoms with Gasteiger partial charge in [-0.3, -0.25) is 9.59 Å². The standard InChI is InChI=1S/C19H20O5/c1-22-13-17(20)18(19(21)23-2)15-8-10-16(11-9-15)24-12-14-6-4-3-5-7-14/h3-11,18H,12-13H2,1-2H3. The summed E-state index contributed by atoms with van der Waals surface area (Å²) in [6, 6.07) is 16.6. The number of hydrogen-bond acceptors (Lipinski definition) is 5. The lowest BCUT2D eigenvalue weighted by atomic mass is 9.95. The Morgan fingerprint density at radius 3 is 2.21 bits per heavy atom. The number of hydrogen-bond donors (Lipinski definition) is 0. The van der Waals surface area contributed by atoms with Gasteiger partial charge in [0.1, 0.15) is 24.9 Å². The van der Waals surface area contributed by atoms with Crippen molar-refractivity contribution in [2.45, 2.75) is 12.5 Å². The molecule has 24 heavy (non-hydrogen) atoms. The summed E-state index contributed by atoms with van der Waals surface area (Å²) in [5.74, 6) is -1.28. The number of Topliss-reactive ketones (excluding diaryl/α,β-unsaturated/α-hetero) is 1. The van der Waals surface area contributed by atoms with Gasteiger partial charge in [0.25, 0.3) is 0 Å². The maximum absolute atomic E-state index is 12.1. The summed E-state index contributed by atoms with van der Waals surface area (Å²) in [6.07, 6.45) is 0. The van der Waals surface area contributed by atoms with Crippen LogP contribution >= 0.6 is 0 Å². The number of rotatable bonds is 8. The Hall–Kier alpha value is -2.66. The monoisotopic (exact) mass is 328 g/mol. The van der Waals surface area contributed by atoms with Crippen LogP contribution in [-0.2, 0) is 25.7 Å². The number of benzene rings is 2. The van der Waals surface area contributed by atoms with Crippen molar-refractivity contribution >= 4 is 11.8 Å². The van der Waals surface area contributed by atoms with Gasteiger partial charge in [-0.25, -0.2) is 0 Å². The quantitative estimate of drug-likeness (QED) is 0.551. The minimum Gasteiger partial charge on any atom is -0.489 e. The van der Waals surface area contributed by atoms with Gasteiger partial charge < -0.3 is 14.2 Å². The third-order valence-electron chi connectivity index (χ3n) is 3.51. The Morgan fingerprint density at radius 2 is 1.62 bits per heavy atom. The highest BCUT2D eigenvalue weighted by Gasteiger charge is 2.29. The largest absolute Gasteiger partial charge is 0.489 e. The molecule has 0 N–H and O–H groups in total. The number of ketones is 1. The fraction of sp³-hybridized carbons (Fsp3) is 0.263.